The second kappa shape index (κ2) is 7.66. The van der Waals surface area contributed by atoms with Gasteiger partial charge < -0.3 is 10.0 Å². The van der Waals surface area contributed by atoms with Crippen molar-refractivity contribution in [2.24, 2.45) is 5.92 Å². The summed E-state index contributed by atoms with van der Waals surface area (Å²) in [5.41, 5.74) is 1.46. The standard InChI is InChI=1S/C17H27NO/c1-2-6-17(19)14-18-11-9-16(10-12-18)13-15-7-4-3-5-8-15/h3-5,7-8,16-17,19H,2,6,9-14H2,1H3. The normalized spacial score (nSPS) is 19.5. The van der Waals surface area contributed by atoms with E-state index in [0.717, 1.165) is 38.4 Å². The van der Waals surface area contributed by atoms with Gasteiger partial charge in [-0.3, -0.25) is 0 Å². The monoisotopic (exact) mass is 261 g/mol. The summed E-state index contributed by atoms with van der Waals surface area (Å²) in [5.74, 6) is 0.821. The molecule has 1 fully saturated rings. The fraction of sp³-hybridized carbons (Fsp3) is 0.647. The number of hydrogen-bond acceptors (Lipinski definition) is 2. The predicted octanol–water partition coefficient (Wildman–Crippen LogP) is 3.10. The summed E-state index contributed by atoms with van der Waals surface area (Å²) in [6, 6.07) is 10.8. The van der Waals surface area contributed by atoms with E-state index >= 15 is 0 Å². The van der Waals surface area contributed by atoms with Crippen LogP contribution in [0.3, 0.4) is 0 Å². The SMILES string of the molecule is CCCC(O)CN1CCC(Cc2ccccc2)CC1. The Morgan fingerprint density at radius 3 is 2.53 bits per heavy atom. The molecule has 1 aliphatic heterocycles. The van der Waals surface area contributed by atoms with Crippen molar-refractivity contribution >= 4 is 0 Å². The molecule has 106 valence electrons. The van der Waals surface area contributed by atoms with Gasteiger partial charge >= 0.3 is 0 Å². The number of nitrogens with zero attached hydrogens (tertiary/aromatic N) is 1. The average Bonchev–Trinajstić information content (AvgIpc) is 2.42. The first-order valence-electron chi connectivity index (χ1n) is 7.72. The molecule has 1 aromatic rings. The fourth-order valence-corrected chi connectivity index (χ4v) is 3.04. The number of benzene rings is 1. The quantitative estimate of drug-likeness (QED) is 0.850. The van der Waals surface area contributed by atoms with Crippen LogP contribution in [0.1, 0.15) is 38.2 Å². The van der Waals surface area contributed by atoms with Crippen molar-refractivity contribution in [1.29, 1.82) is 0 Å². The molecule has 0 radical (unpaired) electrons. The van der Waals surface area contributed by atoms with E-state index in [2.05, 4.69) is 42.2 Å². The first kappa shape index (κ1) is 14.5. The van der Waals surface area contributed by atoms with Crippen molar-refractivity contribution in [2.45, 2.75) is 45.1 Å². The van der Waals surface area contributed by atoms with Gasteiger partial charge in [-0.2, -0.15) is 0 Å². The zero-order chi connectivity index (χ0) is 13.5. The fourth-order valence-electron chi connectivity index (χ4n) is 3.04. The average molecular weight is 261 g/mol. The first-order chi connectivity index (χ1) is 9.28. The molecule has 0 aliphatic carbocycles. The maximum absolute atomic E-state index is 9.86. The largest absolute Gasteiger partial charge is 0.392 e. The molecule has 1 heterocycles. The maximum Gasteiger partial charge on any atom is 0.0667 e. The summed E-state index contributed by atoms with van der Waals surface area (Å²) in [5, 5.41) is 9.86. The molecule has 1 unspecified atom stereocenters. The van der Waals surface area contributed by atoms with E-state index in [4.69, 9.17) is 0 Å². The van der Waals surface area contributed by atoms with Crippen LogP contribution in [0.15, 0.2) is 30.3 Å². The van der Waals surface area contributed by atoms with Gasteiger partial charge in [0.1, 0.15) is 0 Å². The lowest BCUT2D eigenvalue weighted by Gasteiger charge is -2.33. The van der Waals surface area contributed by atoms with Crippen molar-refractivity contribution in [2.75, 3.05) is 19.6 Å². The van der Waals surface area contributed by atoms with Crippen LogP contribution in [0.25, 0.3) is 0 Å². The Labute approximate surface area is 117 Å². The van der Waals surface area contributed by atoms with Crippen molar-refractivity contribution in [3.8, 4) is 0 Å². The van der Waals surface area contributed by atoms with Crippen LogP contribution in [-0.2, 0) is 6.42 Å². The molecular formula is C17H27NO. The van der Waals surface area contributed by atoms with E-state index < -0.39 is 0 Å². The molecule has 19 heavy (non-hydrogen) atoms. The molecule has 1 aliphatic rings. The van der Waals surface area contributed by atoms with Gasteiger partial charge in [0, 0.05) is 6.54 Å². The lowest BCUT2D eigenvalue weighted by atomic mass is 9.90. The van der Waals surface area contributed by atoms with E-state index in [1.165, 1.54) is 24.8 Å². The number of rotatable bonds is 6. The Kier molecular flexibility index (Phi) is 5.87. The minimum Gasteiger partial charge on any atom is -0.392 e. The summed E-state index contributed by atoms with van der Waals surface area (Å²) in [6.45, 7) is 5.30. The number of piperidine rings is 1. The van der Waals surface area contributed by atoms with E-state index in [-0.39, 0.29) is 6.10 Å². The van der Waals surface area contributed by atoms with Gasteiger partial charge in [0.15, 0.2) is 0 Å². The third-order valence-corrected chi connectivity index (χ3v) is 4.17. The number of aliphatic hydroxyl groups excluding tert-OH is 1. The van der Waals surface area contributed by atoms with Crippen LogP contribution in [0.2, 0.25) is 0 Å². The minimum absolute atomic E-state index is 0.129. The van der Waals surface area contributed by atoms with Gasteiger partial charge in [-0.1, -0.05) is 43.7 Å². The van der Waals surface area contributed by atoms with Gasteiger partial charge in [-0.15, -0.1) is 0 Å². The highest BCUT2D eigenvalue weighted by Gasteiger charge is 2.20. The molecule has 0 aromatic heterocycles. The number of hydrogen-bond donors (Lipinski definition) is 1. The number of β-amino-alcohol motifs (C(OH)–C–C–N with tert-alkyl or cyclic N) is 1. The zero-order valence-electron chi connectivity index (χ0n) is 12.1. The molecule has 1 N–H and O–H groups in total. The predicted molar refractivity (Wildman–Crippen MR) is 80.2 cm³/mol. The molecule has 2 nitrogen and oxygen atoms in total. The molecule has 0 spiro atoms. The van der Waals surface area contributed by atoms with Crippen LogP contribution >= 0.6 is 0 Å². The third-order valence-electron chi connectivity index (χ3n) is 4.17. The van der Waals surface area contributed by atoms with Crippen LogP contribution in [-0.4, -0.2) is 35.7 Å². The lowest BCUT2D eigenvalue weighted by molar-refractivity contribution is 0.0834. The second-order valence-electron chi connectivity index (χ2n) is 5.88. The van der Waals surface area contributed by atoms with E-state index in [0.29, 0.717) is 0 Å². The maximum atomic E-state index is 9.86. The molecular weight excluding hydrogens is 234 g/mol. The van der Waals surface area contributed by atoms with Crippen LogP contribution in [0.5, 0.6) is 0 Å². The Morgan fingerprint density at radius 2 is 1.89 bits per heavy atom. The summed E-state index contributed by atoms with van der Waals surface area (Å²) in [4.78, 5) is 2.43. The Morgan fingerprint density at radius 1 is 1.21 bits per heavy atom. The molecule has 2 heteroatoms. The molecule has 0 bridgehead atoms. The van der Waals surface area contributed by atoms with Crippen molar-refractivity contribution in [3.05, 3.63) is 35.9 Å². The van der Waals surface area contributed by atoms with Crippen molar-refractivity contribution < 1.29 is 5.11 Å². The van der Waals surface area contributed by atoms with E-state index in [1.54, 1.807) is 0 Å². The zero-order valence-corrected chi connectivity index (χ0v) is 12.1. The van der Waals surface area contributed by atoms with Crippen molar-refractivity contribution in [1.82, 2.24) is 4.90 Å². The topological polar surface area (TPSA) is 23.5 Å². The summed E-state index contributed by atoms with van der Waals surface area (Å²) in [6.07, 6.45) is 5.64. The minimum atomic E-state index is -0.129. The summed E-state index contributed by atoms with van der Waals surface area (Å²) in [7, 11) is 0. The van der Waals surface area contributed by atoms with Gasteiger partial charge in [-0.25, -0.2) is 0 Å². The number of aliphatic hydroxyl groups is 1. The Balaban J connectivity index is 1.70. The highest BCUT2D eigenvalue weighted by molar-refractivity contribution is 5.15. The van der Waals surface area contributed by atoms with Crippen LogP contribution in [0.4, 0.5) is 0 Å². The van der Waals surface area contributed by atoms with Crippen LogP contribution in [0, 0.1) is 5.92 Å². The second-order valence-corrected chi connectivity index (χ2v) is 5.88. The molecule has 2 rings (SSSR count). The Bertz CT molecular complexity index is 344. The smallest absolute Gasteiger partial charge is 0.0667 e. The van der Waals surface area contributed by atoms with Crippen molar-refractivity contribution in [3.63, 3.8) is 0 Å². The van der Waals surface area contributed by atoms with E-state index in [1.807, 2.05) is 0 Å². The molecule has 1 atom stereocenters. The molecule has 0 amide bonds. The lowest BCUT2D eigenvalue weighted by Crippen LogP contribution is -2.39. The highest BCUT2D eigenvalue weighted by atomic mass is 16.3. The molecule has 1 aromatic carbocycles. The summed E-state index contributed by atoms with van der Waals surface area (Å²) >= 11 is 0. The Hall–Kier alpha value is -0.860. The summed E-state index contributed by atoms with van der Waals surface area (Å²) < 4.78 is 0. The van der Waals surface area contributed by atoms with Gasteiger partial charge in [0.25, 0.3) is 0 Å². The van der Waals surface area contributed by atoms with E-state index in [9.17, 15) is 5.11 Å². The first-order valence-corrected chi connectivity index (χ1v) is 7.72. The third kappa shape index (κ3) is 4.96. The number of likely N-dealkylation sites (tertiary alicyclic amines) is 1. The van der Waals surface area contributed by atoms with Crippen LogP contribution < -0.4 is 0 Å². The van der Waals surface area contributed by atoms with Gasteiger partial charge in [0.2, 0.25) is 0 Å². The molecule has 0 saturated carbocycles. The highest BCUT2D eigenvalue weighted by Crippen LogP contribution is 2.21. The van der Waals surface area contributed by atoms with Gasteiger partial charge in [-0.05, 0) is 50.3 Å². The molecule has 1 saturated heterocycles. The van der Waals surface area contributed by atoms with Gasteiger partial charge in [0.05, 0.1) is 6.10 Å².